The van der Waals surface area contributed by atoms with Gasteiger partial charge in [-0.15, -0.1) is 0 Å². The van der Waals surface area contributed by atoms with Crippen LogP contribution in [0.1, 0.15) is 0 Å². The van der Waals surface area contributed by atoms with E-state index in [1.807, 2.05) is 0 Å². The van der Waals surface area contributed by atoms with E-state index in [2.05, 4.69) is 23.8 Å². The number of nitrogens with one attached hydrogen (secondary N) is 2. The summed E-state index contributed by atoms with van der Waals surface area (Å²) in [5.74, 6) is -1.86. The topological polar surface area (TPSA) is 149 Å². The second-order valence-electron chi connectivity index (χ2n) is 6.14. The molecule has 0 atom stereocenters. The van der Waals surface area contributed by atoms with Gasteiger partial charge in [0, 0.05) is 29.0 Å². The van der Waals surface area contributed by atoms with Gasteiger partial charge < -0.3 is 34.7 Å². The number of carbonyl (C=O) groups is 4. The number of ether oxygens (including phenoxy) is 4. The number of amides is 2. The summed E-state index contributed by atoms with van der Waals surface area (Å²) in [5.41, 5.74) is 0. The molecule has 33 heavy (non-hydrogen) atoms. The molecule has 0 saturated heterocycles. The van der Waals surface area contributed by atoms with Crippen LogP contribution in [0, 0.1) is 0 Å². The van der Waals surface area contributed by atoms with Gasteiger partial charge >= 0.3 is 24.1 Å². The van der Waals surface area contributed by atoms with Gasteiger partial charge in [0.05, 0.1) is 13.1 Å². The summed E-state index contributed by atoms with van der Waals surface area (Å²) in [6.45, 7) is 6.29. The fourth-order valence-corrected chi connectivity index (χ4v) is 2.49. The molecule has 2 amide bonds. The smallest absolute Gasteiger partial charge is 0.412 e. The van der Waals surface area contributed by atoms with Crippen LogP contribution >= 0.6 is 0 Å². The highest BCUT2D eigenvalue weighted by Crippen LogP contribution is 2.40. The monoisotopic (exact) mass is 458 g/mol. The molecule has 0 heterocycles. The molecule has 0 radical (unpaired) electrons. The van der Waals surface area contributed by atoms with E-state index >= 15 is 0 Å². The summed E-state index contributed by atoms with van der Waals surface area (Å²) >= 11 is 0. The zero-order valence-electron chi connectivity index (χ0n) is 17.5. The molecule has 0 bridgehead atoms. The lowest BCUT2D eigenvalue weighted by atomic mass is 10.1. The van der Waals surface area contributed by atoms with Crippen molar-refractivity contribution in [2.75, 3.05) is 26.3 Å². The highest BCUT2D eigenvalue weighted by molar-refractivity contribution is 5.98. The average Bonchev–Trinajstić information content (AvgIpc) is 2.81. The van der Waals surface area contributed by atoms with E-state index < -0.39 is 29.9 Å². The number of rotatable bonds is 10. The molecule has 174 valence electrons. The summed E-state index contributed by atoms with van der Waals surface area (Å²) < 4.78 is 19.9. The Labute approximate surface area is 188 Å². The highest BCUT2D eigenvalue weighted by Gasteiger charge is 2.18. The van der Waals surface area contributed by atoms with Crippen molar-refractivity contribution in [2.24, 2.45) is 0 Å². The zero-order valence-corrected chi connectivity index (χ0v) is 17.5. The molecule has 0 aliphatic carbocycles. The largest absolute Gasteiger partial charge is 0.504 e. The van der Waals surface area contributed by atoms with Gasteiger partial charge in [0.2, 0.25) is 0 Å². The van der Waals surface area contributed by atoms with Crippen LogP contribution in [0.25, 0.3) is 10.8 Å². The van der Waals surface area contributed by atoms with Crippen LogP contribution in [0.15, 0.2) is 55.6 Å². The molecule has 0 aliphatic heterocycles. The molecule has 11 heteroatoms. The van der Waals surface area contributed by atoms with Gasteiger partial charge in [-0.3, -0.25) is 0 Å². The maximum absolute atomic E-state index is 12.1. The number of esters is 2. The third-order valence-electron chi connectivity index (χ3n) is 3.90. The number of phenols is 1. The Hall–Kier alpha value is -4.54. The summed E-state index contributed by atoms with van der Waals surface area (Å²) in [6.07, 6.45) is 0.235. The highest BCUT2D eigenvalue weighted by atomic mass is 16.6. The molecule has 11 nitrogen and oxygen atoms in total. The molecule has 2 aromatic carbocycles. The van der Waals surface area contributed by atoms with Crippen LogP contribution in [0.5, 0.6) is 17.2 Å². The van der Waals surface area contributed by atoms with E-state index in [1.165, 1.54) is 0 Å². The number of hydrogen-bond donors (Lipinski definition) is 3. The quantitative estimate of drug-likeness (QED) is 0.277. The Balaban J connectivity index is 2.04. The van der Waals surface area contributed by atoms with E-state index in [-0.39, 0.29) is 37.8 Å². The van der Waals surface area contributed by atoms with Crippen LogP contribution in [-0.4, -0.2) is 55.5 Å². The second kappa shape index (κ2) is 12.3. The molecule has 0 aliphatic rings. The van der Waals surface area contributed by atoms with Crippen LogP contribution in [0.2, 0.25) is 0 Å². The van der Waals surface area contributed by atoms with Crippen molar-refractivity contribution in [3.63, 3.8) is 0 Å². The van der Waals surface area contributed by atoms with E-state index in [0.717, 1.165) is 18.2 Å². The zero-order chi connectivity index (χ0) is 24.2. The Bertz CT molecular complexity index is 1070. The molecule has 2 aromatic rings. The van der Waals surface area contributed by atoms with Crippen LogP contribution in [0.4, 0.5) is 9.59 Å². The lowest BCUT2D eigenvalue weighted by Crippen LogP contribution is -2.31. The fourth-order valence-electron chi connectivity index (χ4n) is 2.49. The Morgan fingerprint density at radius 2 is 1.36 bits per heavy atom. The third-order valence-corrected chi connectivity index (χ3v) is 3.90. The van der Waals surface area contributed by atoms with Gasteiger partial charge in [0.1, 0.15) is 19.0 Å². The number of carbonyl (C=O) groups excluding carboxylic acids is 4. The first-order valence-corrected chi connectivity index (χ1v) is 9.60. The van der Waals surface area contributed by atoms with Gasteiger partial charge in [0.25, 0.3) is 0 Å². The Kier molecular flexibility index (Phi) is 9.25. The summed E-state index contributed by atoms with van der Waals surface area (Å²) in [5, 5.41) is 15.8. The number of benzene rings is 2. The van der Waals surface area contributed by atoms with Crippen molar-refractivity contribution in [3.05, 3.63) is 55.6 Å². The summed E-state index contributed by atoms with van der Waals surface area (Å²) in [7, 11) is 0. The predicted octanol–water partition coefficient (Wildman–Crippen LogP) is 2.18. The average molecular weight is 458 g/mol. The minimum atomic E-state index is -0.898. The Morgan fingerprint density at radius 1 is 0.848 bits per heavy atom. The molecule has 0 unspecified atom stereocenters. The van der Waals surface area contributed by atoms with Crippen molar-refractivity contribution < 1.29 is 43.2 Å². The molecule has 0 fully saturated rings. The van der Waals surface area contributed by atoms with Gasteiger partial charge in [-0.1, -0.05) is 37.4 Å². The van der Waals surface area contributed by atoms with Crippen molar-refractivity contribution in [1.82, 2.24) is 10.6 Å². The normalized spacial score (nSPS) is 9.94. The van der Waals surface area contributed by atoms with Crippen LogP contribution in [-0.2, 0) is 19.1 Å². The van der Waals surface area contributed by atoms with Crippen LogP contribution < -0.4 is 20.1 Å². The first-order chi connectivity index (χ1) is 15.8. The number of fused-ring (bicyclic) bond motifs is 1. The molecular formula is C22H22N2O9. The summed E-state index contributed by atoms with van der Waals surface area (Å²) in [6, 6.07) is 7.58. The van der Waals surface area contributed by atoms with Crippen molar-refractivity contribution in [2.45, 2.75) is 0 Å². The fraction of sp³-hybridized carbons (Fsp3) is 0.182. The standard InChI is InChI=1S/C22H22N2O9/c1-3-18(26)30-11-9-23-21(28)32-17-13-16(25)20(15-8-6-5-7-14(15)17)33-22(29)24-10-12-31-19(27)4-2/h3-8,13,25H,1-2,9-12H2,(H,23,28)(H,24,29). The van der Waals surface area contributed by atoms with Gasteiger partial charge in [-0.25, -0.2) is 19.2 Å². The number of aromatic hydroxyl groups is 1. The molecule has 0 spiro atoms. The van der Waals surface area contributed by atoms with E-state index in [9.17, 15) is 24.3 Å². The molecule has 0 saturated carbocycles. The molecular weight excluding hydrogens is 436 g/mol. The minimum absolute atomic E-state index is 0.00721. The Morgan fingerprint density at radius 3 is 1.91 bits per heavy atom. The molecule has 2 rings (SSSR count). The SMILES string of the molecule is C=CC(=O)OCCNC(=O)Oc1cc(O)c(OC(=O)NCCOC(=O)C=C)c2ccccc12. The lowest BCUT2D eigenvalue weighted by molar-refractivity contribution is -0.138. The molecule has 0 aromatic heterocycles. The van der Waals surface area contributed by atoms with Crippen LogP contribution in [0.3, 0.4) is 0 Å². The van der Waals surface area contributed by atoms with Gasteiger partial charge in [-0.05, 0) is 0 Å². The van der Waals surface area contributed by atoms with E-state index in [1.54, 1.807) is 24.3 Å². The van der Waals surface area contributed by atoms with E-state index in [0.29, 0.717) is 10.8 Å². The third kappa shape index (κ3) is 7.58. The number of phenolic OH excluding ortho intramolecular Hbond substituents is 1. The second-order valence-corrected chi connectivity index (χ2v) is 6.14. The summed E-state index contributed by atoms with van der Waals surface area (Å²) in [4.78, 5) is 46.1. The van der Waals surface area contributed by atoms with Gasteiger partial charge in [-0.2, -0.15) is 0 Å². The first-order valence-electron chi connectivity index (χ1n) is 9.60. The predicted molar refractivity (Wildman–Crippen MR) is 116 cm³/mol. The maximum atomic E-state index is 12.1. The van der Waals surface area contributed by atoms with Crippen molar-refractivity contribution >= 4 is 34.9 Å². The first kappa shape index (κ1) is 24.7. The lowest BCUT2D eigenvalue weighted by Gasteiger charge is -2.14. The van der Waals surface area contributed by atoms with Gasteiger partial charge in [0.15, 0.2) is 11.5 Å². The maximum Gasteiger partial charge on any atom is 0.412 e. The van der Waals surface area contributed by atoms with E-state index in [4.69, 9.17) is 18.9 Å². The van der Waals surface area contributed by atoms with Crippen molar-refractivity contribution in [3.8, 4) is 17.2 Å². The molecule has 3 N–H and O–H groups in total. The number of hydrogen-bond acceptors (Lipinski definition) is 9. The van der Waals surface area contributed by atoms with Crippen molar-refractivity contribution in [1.29, 1.82) is 0 Å². The minimum Gasteiger partial charge on any atom is -0.504 e.